The Kier molecular flexibility index (Phi) is 1.73. The van der Waals surface area contributed by atoms with Crippen LogP contribution in [0.5, 0.6) is 0 Å². The summed E-state index contributed by atoms with van der Waals surface area (Å²) >= 11 is 0. The number of hydrogen-bond donors (Lipinski definition) is 2. The fraction of sp³-hybridized carbons (Fsp3) is 0.714. The third-order valence-electron chi connectivity index (χ3n) is 2.00. The van der Waals surface area contributed by atoms with Crippen LogP contribution >= 0.6 is 0 Å². The molecular formula is C7H12N4O. The summed E-state index contributed by atoms with van der Waals surface area (Å²) in [6.07, 6.45) is 2.30. The highest BCUT2D eigenvalue weighted by Gasteiger charge is 2.27. The van der Waals surface area contributed by atoms with Crippen molar-refractivity contribution in [2.24, 2.45) is 5.73 Å². The van der Waals surface area contributed by atoms with Gasteiger partial charge in [-0.25, -0.2) is 9.48 Å². The van der Waals surface area contributed by atoms with Gasteiger partial charge in [0.15, 0.2) is 0 Å². The Morgan fingerprint density at radius 3 is 3.00 bits per heavy atom. The van der Waals surface area contributed by atoms with Crippen LogP contribution in [0.2, 0.25) is 0 Å². The maximum absolute atomic E-state index is 11.2. The summed E-state index contributed by atoms with van der Waals surface area (Å²) in [6.45, 7) is 0.955. The molecule has 3 N–H and O–H groups in total. The summed E-state index contributed by atoms with van der Waals surface area (Å²) in [4.78, 5) is 13.9. The van der Waals surface area contributed by atoms with Crippen molar-refractivity contribution in [1.82, 2.24) is 14.8 Å². The molecule has 0 aliphatic heterocycles. The third kappa shape index (κ3) is 1.27. The first kappa shape index (κ1) is 7.54. The zero-order chi connectivity index (χ0) is 8.55. The van der Waals surface area contributed by atoms with Crippen molar-refractivity contribution < 1.29 is 0 Å². The van der Waals surface area contributed by atoms with E-state index in [1.54, 1.807) is 0 Å². The number of rotatable bonds is 3. The van der Waals surface area contributed by atoms with Gasteiger partial charge < -0.3 is 5.73 Å². The minimum Gasteiger partial charge on any atom is -0.329 e. The van der Waals surface area contributed by atoms with Crippen LogP contribution in [0.4, 0.5) is 0 Å². The molecular weight excluding hydrogens is 156 g/mol. The molecule has 1 saturated carbocycles. The molecule has 12 heavy (non-hydrogen) atoms. The van der Waals surface area contributed by atoms with E-state index in [0.29, 0.717) is 19.0 Å². The molecule has 1 aliphatic rings. The van der Waals surface area contributed by atoms with Crippen LogP contribution in [-0.4, -0.2) is 21.3 Å². The van der Waals surface area contributed by atoms with Crippen LogP contribution in [0.15, 0.2) is 4.79 Å². The number of nitrogens with two attached hydrogens (primary N) is 1. The lowest BCUT2D eigenvalue weighted by Crippen LogP contribution is -2.22. The predicted molar refractivity (Wildman–Crippen MR) is 43.9 cm³/mol. The average Bonchev–Trinajstić information content (AvgIpc) is 2.80. The van der Waals surface area contributed by atoms with Crippen LogP contribution in [0.3, 0.4) is 0 Å². The second kappa shape index (κ2) is 2.75. The topological polar surface area (TPSA) is 76.7 Å². The molecule has 1 aliphatic carbocycles. The normalized spacial score (nSPS) is 16.8. The van der Waals surface area contributed by atoms with Crippen LogP contribution in [0.1, 0.15) is 24.6 Å². The molecule has 1 fully saturated rings. The van der Waals surface area contributed by atoms with Crippen molar-refractivity contribution in [3.8, 4) is 0 Å². The molecule has 0 bridgehead atoms. The molecule has 0 amide bonds. The van der Waals surface area contributed by atoms with Crippen molar-refractivity contribution >= 4 is 0 Å². The molecule has 0 saturated heterocycles. The minimum atomic E-state index is -0.137. The fourth-order valence-electron chi connectivity index (χ4n) is 1.19. The van der Waals surface area contributed by atoms with Gasteiger partial charge in [-0.3, -0.25) is 4.98 Å². The van der Waals surface area contributed by atoms with E-state index in [-0.39, 0.29) is 5.69 Å². The molecule has 0 atom stereocenters. The molecule has 5 heteroatoms. The van der Waals surface area contributed by atoms with Gasteiger partial charge in [0, 0.05) is 12.5 Å². The molecule has 66 valence electrons. The van der Waals surface area contributed by atoms with Gasteiger partial charge in [-0.1, -0.05) is 0 Å². The first-order chi connectivity index (χ1) is 5.81. The van der Waals surface area contributed by atoms with Crippen LogP contribution < -0.4 is 11.4 Å². The van der Waals surface area contributed by atoms with E-state index in [4.69, 9.17) is 5.73 Å². The summed E-state index contributed by atoms with van der Waals surface area (Å²) in [6, 6.07) is 0. The first-order valence-corrected chi connectivity index (χ1v) is 4.18. The second-order valence-electron chi connectivity index (χ2n) is 3.10. The Balaban J connectivity index is 2.24. The Morgan fingerprint density at radius 1 is 1.67 bits per heavy atom. The Labute approximate surface area is 69.6 Å². The van der Waals surface area contributed by atoms with Crippen molar-refractivity contribution in [2.45, 2.75) is 25.3 Å². The highest BCUT2D eigenvalue weighted by molar-refractivity contribution is 5.02. The summed E-state index contributed by atoms with van der Waals surface area (Å²) in [7, 11) is 0. The van der Waals surface area contributed by atoms with Crippen LogP contribution in [-0.2, 0) is 6.54 Å². The van der Waals surface area contributed by atoms with E-state index in [9.17, 15) is 4.79 Å². The quantitative estimate of drug-likeness (QED) is 0.633. The maximum atomic E-state index is 11.2. The average molecular weight is 168 g/mol. The Bertz CT molecular complexity index is 322. The first-order valence-electron chi connectivity index (χ1n) is 4.18. The van der Waals surface area contributed by atoms with E-state index in [1.807, 2.05) is 0 Å². The zero-order valence-electron chi connectivity index (χ0n) is 6.79. The summed E-state index contributed by atoms with van der Waals surface area (Å²) < 4.78 is 1.40. The number of H-pyrrole nitrogens is 1. The molecule has 2 rings (SSSR count). The molecule has 5 nitrogen and oxygen atoms in total. The second-order valence-corrected chi connectivity index (χ2v) is 3.10. The van der Waals surface area contributed by atoms with Crippen molar-refractivity contribution in [3.05, 3.63) is 16.3 Å². The minimum absolute atomic E-state index is 0.137. The third-order valence-corrected chi connectivity index (χ3v) is 2.00. The number of nitrogens with zero attached hydrogens (tertiary/aromatic N) is 2. The highest BCUT2D eigenvalue weighted by Crippen LogP contribution is 2.37. The van der Waals surface area contributed by atoms with Gasteiger partial charge in [0.2, 0.25) is 0 Å². The van der Waals surface area contributed by atoms with E-state index in [0.717, 1.165) is 18.7 Å². The lowest BCUT2D eigenvalue weighted by atomic mass is 10.4. The van der Waals surface area contributed by atoms with E-state index in [1.165, 1.54) is 4.68 Å². The molecule has 0 radical (unpaired) electrons. The van der Waals surface area contributed by atoms with Gasteiger partial charge in [-0.15, -0.1) is 0 Å². The summed E-state index contributed by atoms with van der Waals surface area (Å²) in [5.74, 6) is 1.32. The van der Waals surface area contributed by atoms with Crippen LogP contribution in [0.25, 0.3) is 0 Å². The van der Waals surface area contributed by atoms with Crippen molar-refractivity contribution in [3.63, 3.8) is 0 Å². The zero-order valence-corrected chi connectivity index (χ0v) is 6.79. The maximum Gasteiger partial charge on any atom is 0.343 e. The number of hydrogen-bond acceptors (Lipinski definition) is 3. The summed E-state index contributed by atoms with van der Waals surface area (Å²) in [5, 5.41) is 4.13. The van der Waals surface area contributed by atoms with Gasteiger partial charge >= 0.3 is 5.69 Å². The van der Waals surface area contributed by atoms with Gasteiger partial charge in [-0.05, 0) is 12.8 Å². The molecule has 0 spiro atoms. The number of nitrogens with one attached hydrogen (secondary N) is 1. The molecule has 1 heterocycles. The lowest BCUT2D eigenvalue weighted by molar-refractivity contribution is 0.596. The van der Waals surface area contributed by atoms with Gasteiger partial charge in [-0.2, -0.15) is 5.10 Å². The fourth-order valence-corrected chi connectivity index (χ4v) is 1.19. The smallest absolute Gasteiger partial charge is 0.329 e. The molecule has 1 aromatic rings. The summed E-state index contributed by atoms with van der Waals surface area (Å²) in [5.41, 5.74) is 5.18. The molecule has 0 unspecified atom stereocenters. The standard InChI is InChI=1S/C7H12N4O/c8-3-4-11-7(12)9-6(10-11)5-1-2-5/h5H,1-4,8H2,(H,9,10,12). The predicted octanol–water partition coefficient (Wildman–Crippen LogP) is -0.593. The monoisotopic (exact) mass is 168 g/mol. The largest absolute Gasteiger partial charge is 0.343 e. The molecule has 0 aromatic carbocycles. The van der Waals surface area contributed by atoms with Crippen LogP contribution in [0, 0.1) is 0 Å². The van der Waals surface area contributed by atoms with Gasteiger partial charge in [0.05, 0.1) is 6.54 Å². The van der Waals surface area contributed by atoms with Crippen molar-refractivity contribution in [1.29, 1.82) is 0 Å². The molecule has 1 aromatic heterocycles. The van der Waals surface area contributed by atoms with E-state index >= 15 is 0 Å². The highest BCUT2D eigenvalue weighted by atomic mass is 16.1. The van der Waals surface area contributed by atoms with Gasteiger partial charge in [0.1, 0.15) is 5.82 Å². The number of aromatic amines is 1. The SMILES string of the molecule is NCCn1nc(C2CC2)[nH]c1=O. The lowest BCUT2D eigenvalue weighted by Gasteiger charge is -1.92. The van der Waals surface area contributed by atoms with E-state index in [2.05, 4.69) is 10.1 Å². The van der Waals surface area contributed by atoms with E-state index < -0.39 is 0 Å². The number of aromatic nitrogens is 3. The van der Waals surface area contributed by atoms with Crippen molar-refractivity contribution in [2.75, 3.05) is 6.54 Å². The Hall–Kier alpha value is -1.10. The van der Waals surface area contributed by atoms with Gasteiger partial charge in [0.25, 0.3) is 0 Å². The Morgan fingerprint density at radius 2 is 2.42 bits per heavy atom.